The minimum atomic E-state index is 0.416. The zero-order chi connectivity index (χ0) is 9.84. The van der Waals surface area contributed by atoms with Crippen LogP contribution in [0.2, 0.25) is 0 Å². The fraction of sp³-hybridized carbons (Fsp3) is 0.778. The molecule has 0 fully saturated rings. The van der Waals surface area contributed by atoms with Gasteiger partial charge < -0.3 is 0 Å². The molecule has 0 aliphatic heterocycles. The lowest BCUT2D eigenvalue weighted by Crippen LogP contribution is -2.09. The summed E-state index contributed by atoms with van der Waals surface area (Å²) >= 11 is 5.76. The van der Waals surface area contributed by atoms with Gasteiger partial charge in [-0.2, -0.15) is 0 Å². The Morgan fingerprint density at radius 2 is 2.15 bits per heavy atom. The van der Waals surface area contributed by atoms with Crippen molar-refractivity contribution in [2.75, 3.05) is 0 Å². The van der Waals surface area contributed by atoms with E-state index in [1.54, 1.807) is 0 Å². The maximum atomic E-state index is 5.76. The number of aromatic nitrogens is 3. The molecule has 3 nitrogen and oxygen atoms in total. The standard InChI is InChI=1S/C9H16ClN3/c1-4-7(3)13-9(5-2)8(6-10)11-12-13/h7H,4-6H2,1-3H3. The molecule has 0 spiro atoms. The third kappa shape index (κ3) is 2.02. The largest absolute Gasteiger partial charge is 0.246 e. The summed E-state index contributed by atoms with van der Waals surface area (Å²) in [7, 11) is 0. The van der Waals surface area contributed by atoms with Crippen LogP contribution in [0.4, 0.5) is 0 Å². The fourth-order valence-corrected chi connectivity index (χ4v) is 1.55. The van der Waals surface area contributed by atoms with Crippen molar-refractivity contribution in [3.8, 4) is 0 Å². The molecular weight excluding hydrogens is 186 g/mol. The van der Waals surface area contributed by atoms with E-state index < -0.39 is 0 Å². The summed E-state index contributed by atoms with van der Waals surface area (Å²) in [5.41, 5.74) is 2.09. The van der Waals surface area contributed by atoms with Crippen molar-refractivity contribution in [1.82, 2.24) is 15.0 Å². The molecule has 0 bridgehead atoms. The molecule has 13 heavy (non-hydrogen) atoms. The van der Waals surface area contributed by atoms with Gasteiger partial charge in [0.1, 0.15) is 5.69 Å². The van der Waals surface area contributed by atoms with E-state index in [9.17, 15) is 0 Å². The van der Waals surface area contributed by atoms with Crippen LogP contribution in [0, 0.1) is 0 Å². The number of hydrogen-bond acceptors (Lipinski definition) is 2. The molecule has 0 N–H and O–H groups in total. The van der Waals surface area contributed by atoms with E-state index in [1.807, 2.05) is 4.68 Å². The smallest absolute Gasteiger partial charge is 0.101 e. The molecule has 1 aromatic heterocycles. The summed E-state index contributed by atoms with van der Waals surface area (Å²) in [6.45, 7) is 6.39. The van der Waals surface area contributed by atoms with E-state index in [4.69, 9.17) is 11.6 Å². The monoisotopic (exact) mass is 201 g/mol. The van der Waals surface area contributed by atoms with E-state index in [2.05, 4.69) is 31.1 Å². The molecule has 1 unspecified atom stereocenters. The third-order valence-electron chi connectivity index (χ3n) is 2.34. The second-order valence-electron chi connectivity index (χ2n) is 3.17. The molecule has 0 radical (unpaired) electrons. The summed E-state index contributed by atoms with van der Waals surface area (Å²) in [4.78, 5) is 0. The Labute approximate surface area is 84.1 Å². The highest BCUT2D eigenvalue weighted by Crippen LogP contribution is 2.16. The van der Waals surface area contributed by atoms with E-state index in [0.29, 0.717) is 11.9 Å². The van der Waals surface area contributed by atoms with Gasteiger partial charge in [-0.25, -0.2) is 4.68 Å². The van der Waals surface area contributed by atoms with Gasteiger partial charge in [-0.1, -0.05) is 19.1 Å². The average molecular weight is 202 g/mol. The molecule has 1 heterocycles. The van der Waals surface area contributed by atoms with Gasteiger partial charge in [-0.15, -0.1) is 16.7 Å². The van der Waals surface area contributed by atoms with Crippen LogP contribution in [0.1, 0.15) is 44.6 Å². The summed E-state index contributed by atoms with van der Waals surface area (Å²) < 4.78 is 1.98. The van der Waals surface area contributed by atoms with Crippen LogP contribution in [-0.4, -0.2) is 15.0 Å². The highest BCUT2D eigenvalue weighted by atomic mass is 35.5. The van der Waals surface area contributed by atoms with Gasteiger partial charge >= 0.3 is 0 Å². The minimum Gasteiger partial charge on any atom is -0.246 e. The number of alkyl halides is 1. The number of halogens is 1. The van der Waals surface area contributed by atoms with Gasteiger partial charge in [0.05, 0.1) is 17.6 Å². The van der Waals surface area contributed by atoms with Gasteiger partial charge in [-0.05, 0) is 19.8 Å². The molecular formula is C9H16ClN3. The van der Waals surface area contributed by atoms with E-state index in [-0.39, 0.29) is 0 Å². The topological polar surface area (TPSA) is 30.7 Å². The first-order valence-electron chi connectivity index (χ1n) is 4.73. The summed E-state index contributed by atoms with van der Waals surface area (Å²) in [6, 6.07) is 0.416. The van der Waals surface area contributed by atoms with E-state index >= 15 is 0 Å². The zero-order valence-electron chi connectivity index (χ0n) is 8.42. The molecule has 1 rings (SSSR count). The third-order valence-corrected chi connectivity index (χ3v) is 2.59. The summed E-state index contributed by atoms with van der Waals surface area (Å²) in [5, 5.41) is 8.17. The van der Waals surface area contributed by atoms with Crippen molar-refractivity contribution in [2.45, 2.75) is 45.5 Å². The van der Waals surface area contributed by atoms with Crippen molar-refractivity contribution in [3.05, 3.63) is 11.4 Å². The van der Waals surface area contributed by atoms with Crippen LogP contribution in [0.25, 0.3) is 0 Å². The first-order valence-corrected chi connectivity index (χ1v) is 5.26. The number of nitrogens with zero attached hydrogens (tertiary/aromatic N) is 3. The molecule has 0 amide bonds. The van der Waals surface area contributed by atoms with E-state index in [1.165, 1.54) is 5.69 Å². The van der Waals surface area contributed by atoms with Crippen molar-refractivity contribution in [3.63, 3.8) is 0 Å². The summed E-state index contributed by atoms with van der Waals surface area (Å²) in [5.74, 6) is 0.458. The van der Waals surface area contributed by atoms with Crippen molar-refractivity contribution in [1.29, 1.82) is 0 Å². The Morgan fingerprint density at radius 3 is 2.62 bits per heavy atom. The number of hydrogen-bond donors (Lipinski definition) is 0. The normalized spacial score (nSPS) is 13.2. The maximum Gasteiger partial charge on any atom is 0.101 e. The second kappa shape index (κ2) is 4.61. The molecule has 74 valence electrons. The molecule has 4 heteroatoms. The summed E-state index contributed by atoms with van der Waals surface area (Å²) in [6.07, 6.45) is 2.01. The molecule has 0 aromatic carbocycles. The van der Waals surface area contributed by atoms with E-state index in [0.717, 1.165) is 18.5 Å². The van der Waals surface area contributed by atoms with Crippen LogP contribution < -0.4 is 0 Å². The van der Waals surface area contributed by atoms with Crippen LogP contribution in [0.15, 0.2) is 0 Å². The highest BCUT2D eigenvalue weighted by molar-refractivity contribution is 6.16. The van der Waals surface area contributed by atoms with Gasteiger partial charge in [0.25, 0.3) is 0 Å². The maximum absolute atomic E-state index is 5.76. The predicted octanol–water partition coefficient (Wildman–Crippen LogP) is 2.55. The SMILES string of the molecule is CCc1c(CCl)nnn1C(C)CC. The minimum absolute atomic E-state index is 0.416. The molecule has 1 aromatic rings. The van der Waals surface area contributed by atoms with Crippen LogP contribution >= 0.6 is 11.6 Å². The van der Waals surface area contributed by atoms with Gasteiger partial charge in [0.15, 0.2) is 0 Å². The Hall–Kier alpha value is -0.570. The Kier molecular flexibility index (Phi) is 3.72. The van der Waals surface area contributed by atoms with Crippen molar-refractivity contribution in [2.24, 2.45) is 0 Å². The lowest BCUT2D eigenvalue weighted by molar-refractivity contribution is 0.450. The lowest BCUT2D eigenvalue weighted by Gasteiger charge is -2.11. The Bertz CT molecular complexity index is 270. The van der Waals surface area contributed by atoms with Gasteiger partial charge in [-0.3, -0.25) is 0 Å². The lowest BCUT2D eigenvalue weighted by atomic mass is 10.2. The Balaban J connectivity index is 3.00. The molecule has 0 saturated carbocycles. The fourth-order valence-electron chi connectivity index (χ4n) is 1.34. The second-order valence-corrected chi connectivity index (χ2v) is 3.44. The number of rotatable bonds is 4. The first-order chi connectivity index (χ1) is 6.24. The quantitative estimate of drug-likeness (QED) is 0.701. The zero-order valence-corrected chi connectivity index (χ0v) is 9.17. The average Bonchev–Trinajstić information content (AvgIpc) is 2.58. The molecule has 0 saturated heterocycles. The molecule has 1 atom stereocenters. The Morgan fingerprint density at radius 1 is 1.46 bits per heavy atom. The van der Waals surface area contributed by atoms with Crippen LogP contribution in [0.3, 0.4) is 0 Å². The van der Waals surface area contributed by atoms with Crippen LogP contribution in [0.5, 0.6) is 0 Å². The van der Waals surface area contributed by atoms with Crippen molar-refractivity contribution < 1.29 is 0 Å². The highest BCUT2D eigenvalue weighted by Gasteiger charge is 2.13. The van der Waals surface area contributed by atoms with Gasteiger partial charge in [0, 0.05) is 0 Å². The first kappa shape index (κ1) is 10.5. The molecule has 0 aliphatic rings. The van der Waals surface area contributed by atoms with Crippen molar-refractivity contribution >= 4 is 11.6 Å². The van der Waals surface area contributed by atoms with Crippen LogP contribution in [-0.2, 0) is 12.3 Å². The molecule has 0 aliphatic carbocycles. The van der Waals surface area contributed by atoms with Gasteiger partial charge in [0.2, 0.25) is 0 Å². The predicted molar refractivity (Wildman–Crippen MR) is 54.0 cm³/mol.